The second kappa shape index (κ2) is 6.18. The van der Waals surface area contributed by atoms with Crippen molar-refractivity contribution in [1.29, 1.82) is 0 Å². The van der Waals surface area contributed by atoms with E-state index in [4.69, 9.17) is 5.73 Å². The predicted octanol–water partition coefficient (Wildman–Crippen LogP) is 2.54. The molecule has 0 saturated heterocycles. The highest BCUT2D eigenvalue weighted by molar-refractivity contribution is 5.91. The molecule has 0 bridgehead atoms. The second-order valence-corrected chi connectivity index (χ2v) is 5.33. The molecule has 4 heteroatoms. The van der Waals surface area contributed by atoms with Gasteiger partial charge >= 0.3 is 0 Å². The molecule has 2 unspecified atom stereocenters. The number of nitrogens with zero attached hydrogens (tertiary/aromatic N) is 2. The number of hydrogen-bond donors (Lipinski definition) is 1. The van der Waals surface area contributed by atoms with Crippen LogP contribution in [0.25, 0.3) is 10.9 Å². The maximum absolute atomic E-state index is 12.3. The topological polar surface area (TPSA) is 60.9 Å². The van der Waals surface area contributed by atoms with Crippen molar-refractivity contribution in [3.8, 4) is 0 Å². The van der Waals surface area contributed by atoms with Gasteiger partial charge in [0.15, 0.2) is 5.78 Å². The van der Waals surface area contributed by atoms with E-state index in [-0.39, 0.29) is 11.7 Å². The molecule has 4 nitrogen and oxygen atoms in total. The summed E-state index contributed by atoms with van der Waals surface area (Å²) in [5.74, 6) is 0.285. The molecule has 0 aliphatic rings. The highest BCUT2D eigenvalue weighted by atomic mass is 16.1. The number of para-hydroxylation sites is 1. The Morgan fingerprint density at radius 1 is 1.35 bits per heavy atom. The van der Waals surface area contributed by atoms with Crippen LogP contribution in [0.1, 0.15) is 32.9 Å². The molecular weight excluding hydrogens is 250 g/mol. The molecule has 0 spiro atoms. The summed E-state index contributed by atoms with van der Waals surface area (Å²) in [7, 11) is 0. The molecule has 2 N–H and O–H groups in total. The number of carbonyl (C=O) groups excluding carboxylic acids is 1. The number of aryl methyl sites for hydroxylation is 1. The third-order valence-electron chi connectivity index (χ3n) is 4.00. The first-order valence-electron chi connectivity index (χ1n) is 7.31. The Balaban J connectivity index is 2.28. The quantitative estimate of drug-likeness (QED) is 0.879. The maximum Gasteiger partial charge on any atom is 0.155 e. The summed E-state index contributed by atoms with van der Waals surface area (Å²) in [5, 5.41) is 5.61. The molecule has 108 valence electrons. The van der Waals surface area contributed by atoms with Crippen LogP contribution in [0.3, 0.4) is 0 Å². The van der Waals surface area contributed by atoms with Gasteiger partial charge in [-0.25, -0.2) is 0 Å². The summed E-state index contributed by atoms with van der Waals surface area (Å²) in [4.78, 5) is 12.3. The summed E-state index contributed by atoms with van der Waals surface area (Å²) >= 11 is 0. The molecule has 20 heavy (non-hydrogen) atoms. The van der Waals surface area contributed by atoms with Crippen molar-refractivity contribution >= 4 is 16.7 Å². The van der Waals surface area contributed by atoms with E-state index in [0.29, 0.717) is 6.42 Å². The first kappa shape index (κ1) is 14.7. The minimum atomic E-state index is -0.398. The molecule has 2 atom stereocenters. The molecule has 0 aliphatic heterocycles. The Morgan fingerprint density at radius 3 is 2.70 bits per heavy atom. The average Bonchev–Trinajstić information content (AvgIpc) is 2.83. The lowest BCUT2D eigenvalue weighted by molar-refractivity contribution is -0.120. The number of carbonyl (C=O) groups is 1. The number of benzene rings is 1. The highest BCUT2D eigenvalue weighted by Crippen LogP contribution is 2.20. The minimum absolute atomic E-state index is 0.0749. The zero-order chi connectivity index (χ0) is 14.7. The van der Waals surface area contributed by atoms with Gasteiger partial charge in [-0.05, 0) is 18.9 Å². The van der Waals surface area contributed by atoms with Gasteiger partial charge in [0.2, 0.25) is 0 Å². The number of aromatic nitrogens is 2. The third-order valence-corrected chi connectivity index (χ3v) is 4.00. The molecule has 1 aromatic heterocycles. The average molecular weight is 273 g/mol. The number of fused-ring (bicyclic) bond motifs is 1. The minimum Gasteiger partial charge on any atom is -0.321 e. The van der Waals surface area contributed by atoms with Gasteiger partial charge in [-0.3, -0.25) is 9.48 Å². The predicted molar refractivity (Wildman–Crippen MR) is 81.5 cm³/mol. The zero-order valence-electron chi connectivity index (χ0n) is 12.5. The molecular formula is C16H23N3O. The van der Waals surface area contributed by atoms with Crippen molar-refractivity contribution in [1.82, 2.24) is 9.78 Å². The number of nitrogens with two attached hydrogens (primary N) is 1. The van der Waals surface area contributed by atoms with Gasteiger partial charge in [0, 0.05) is 11.9 Å². The molecule has 0 saturated carbocycles. The molecule has 0 aliphatic carbocycles. The summed E-state index contributed by atoms with van der Waals surface area (Å²) in [6.45, 7) is 6.92. The summed E-state index contributed by atoms with van der Waals surface area (Å²) < 4.78 is 1.94. The van der Waals surface area contributed by atoms with Crippen molar-refractivity contribution < 1.29 is 4.79 Å². The lowest BCUT2D eigenvalue weighted by Crippen LogP contribution is -2.37. The maximum atomic E-state index is 12.3. The summed E-state index contributed by atoms with van der Waals surface area (Å²) in [6.07, 6.45) is 1.23. The normalized spacial score (nSPS) is 14.4. The number of hydrogen-bond acceptors (Lipinski definition) is 3. The van der Waals surface area contributed by atoms with E-state index in [1.54, 1.807) is 0 Å². The first-order valence-corrected chi connectivity index (χ1v) is 7.31. The molecule has 1 aromatic carbocycles. The van der Waals surface area contributed by atoms with Crippen molar-refractivity contribution in [2.24, 2.45) is 11.7 Å². The fourth-order valence-electron chi connectivity index (χ4n) is 2.42. The lowest BCUT2D eigenvalue weighted by atomic mass is 9.94. The van der Waals surface area contributed by atoms with Crippen LogP contribution >= 0.6 is 0 Å². The van der Waals surface area contributed by atoms with Crippen LogP contribution in [0.2, 0.25) is 0 Å². The highest BCUT2D eigenvalue weighted by Gasteiger charge is 2.21. The van der Waals surface area contributed by atoms with Crippen molar-refractivity contribution in [2.75, 3.05) is 0 Å². The van der Waals surface area contributed by atoms with Gasteiger partial charge in [-0.2, -0.15) is 5.10 Å². The standard InChI is InChI=1S/C16H23N3O/c1-4-11(3)16(17)15(20)10-13-12-8-6-7-9-14(12)19(5-2)18-13/h6-9,11,16H,4-5,10,17H2,1-3H3. The zero-order valence-corrected chi connectivity index (χ0v) is 12.5. The SMILES string of the molecule is CCC(C)C(N)C(=O)Cc1nn(CC)c2ccccc12. The third kappa shape index (κ3) is 2.75. The number of ketones is 1. The Hall–Kier alpha value is -1.68. The fourth-order valence-corrected chi connectivity index (χ4v) is 2.42. The monoisotopic (exact) mass is 273 g/mol. The van der Waals surface area contributed by atoms with Crippen molar-refractivity contribution in [3.05, 3.63) is 30.0 Å². The summed E-state index contributed by atoms with van der Waals surface area (Å²) in [5.41, 5.74) is 7.94. The first-order chi connectivity index (χ1) is 9.58. The van der Waals surface area contributed by atoms with E-state index in [1.807, 2.05) is 35.9 Å². The van der Waals surface area contributed by atoms with E-state index < -0.39 is 6.04 Å². The molecule has 0 amide bonds. The van der Waals surface area contributed by atoms with Crippen molar-refractivity contribution in [3.63, 3.8) is 0 Å². The van der Waals surface area contributed by atoms with Crippen LogP contribution in [-0.2, 0) is 17.8 Å². The molecule has 0 fully saturated rings. The van der Waals surface area contributed by atoms with Gasteiger partial charge in [0.05, 0.1) is 23.7 Å². The van der Waals surface area contributed by atoms with Gasteiger partial charge in [0.25, 0.3) is 0 Å². The van der Waals surface area contributed by atoms with Crippen LogP contribution < -0.4 is 5.73 Å². The molecule has 2 aromatic rings. The van der Waals surface area contributed by atoms with Gasteiger partial charge < -0.3 is 5.73 Å². The van der Waals surface area contributed by atoms with Gasteiger partial charge in [-0.1, -0.05) is 38.5 Å². The Kier molecular flexibility index (Phi) is 4.55. The number of rotatable bonds is 6. The van der Waals surface area contributed by atoms with Crippen LogP contribution in [0.5, 0.6) is 0 Å². The van der Waals surface area contributed by atoms with Crippen LogP contribution in [0, 0.1) is 5.92 Å². The van der Waals surface area contributed by atoms with Gasteiger partial charge in [-0.15, -0.1) is 0 Å². The summed E-state index contributed by atoms with van der Waals surface area (Å²) in [6, 6.07) is 7.63. The van der Waals surface area contributed by atoms with Crippen LogP contribution in [0.4, 0.5) is 0 Å². The van der Waals surface area contributed by atoms with E-state index in [1.165, 1.54) is 0 Å². The molecule has 0 radical (unpaired) electrons. The van der Waals surface area contributed by atoms with E-state index in [2.05, 4.69) is 18.9 Å². The van der Waals surface area contributed by atoms with Gasteiger partial charge in [0.1, 0.15) is 0 Å². The van der Waals surface area contributed by atoms with Crippen molar-refractivity contribution in [2.45, 2.75) is 46.2 Å². The largest absolute Gasteiger partial charge is 0.321 e. The van der Waals surface area contributed by atoms with E-state index in [0.717, 1.165) is 29.6 Å². The lowest BCUT2D eigenvalue weighted by Gasteiger charge is -2.16. The van der Waals surface area contributed by atoms with E-state index in [9.17, 15) is 4.79 Å². The fraction of sp³-hybridized carbons (Fsp3) is 0.500. The van der Waals surface area contributed by atoms with E-state index >= 15 is 0 Å². The Bertz CT molecular complexity index is 603. The van der Waals surface area contributed by atoms with Crippen LogP contribution in [-0.4, -0.2) is 21.6 Å². The molecule has 1 heterocycles. The molecule has 2 rings (SSSR count). The Morgan fingerprint density at radius 2 is 2.05 bits per heavy atom. The number of Topliss-reactive ketones (excluding diaryl/α,β-unsaturated/α-hetero) is 1. The Labute approximate surface area is 120 Å². The second-order valence-electron chi connectivity index (χ2n) is 5.33. The smallest absolute Gasteiger partial charge is 0.155 e. The van der Waals surface area contributed by atoms with Crippen LogP contribution in [0.15, 0.2) is 24.3 Å².